The lowest BCUT2D eigenvalue weighted by Gasteiger charge is -2.20. The largest absolute Gasteiger partial charge is 0.392 e. The van der Waals surface area contributed by atoms with Crippen molar-refractivity contribution in [1.29, 1.82) is 0 Å². The highest BCUT2D eigenvalue weighted by atomic mass is 32.2. The predicted molar refractivity (Wildman–Crippen MR) is 231 cm³/mol. The molecule has 0 saturated carbocycles. The average molecular weight is 832 g/mol. The van der Waals surface area contributed by atoms with Crippen molar-refractivity contribution in [2.24, 2.45) is 0 Å². The maximum Gasteiger partial charge on any atom is 0.239 e. The van der Waals surface area contributed by atoms with Gasteiger partial charge in [0.15, 0.2) is 0 Å². The molecule has 0 unspecified atom stereocenters. The lowest BCUT2D eigenvalue weighted by molar-refractivity contribution is -0.123. The first-order valence-electron chi connectivity index (χ1n) is 21.1. The summed E-state index contributed by atoms with van der Waals surface area (Å²) in [5.74, 6) is -1.08. The van der Waals surface area contributed by atoms with E-state index in [1.165, 1.54) is 95.2 Å². The van der Waals surface area contributed by atoms with E-state index in [2.05, 4.69) is 39.7 Å². The Kier molecular flexibility index (Phi) is 24.9. The topological polar surface area (TPSA) is 171 Å². The molecule has 0 spiro atoms. The van der Waals surface area contributed by atoms with Crippen molar-refractivity contribution in [2.45, 2.75) is 142 Å². The Morgan fingerprint density at radius 2 is 1.43 bits per heavy atom. The van der Waals surface area contributed by atoms with Crippen molar-refractivity contribution in [2.75, 3.05) is 43.9 Å². The Hall–Kier alpha value is -3.72. The van der Waals surface area contributed by atoms with Gasteiger partial charge in [-0.15, -0.1) is 0 Å². The molecule has 1 aromatic carbocycles. The molecular formula is C44H70FN5O7S. The zero-order valence-electron chi connectivity index (χ0n) is 35.6. The Bertz CT molecular complexity index is 1650. The molecule has 1 heterocycles. The minimum Gasteiger partial charge on any atom is -0.392 e. The van der Waals surface area contributed by atoms with Crippen LogP contribution in [0.15, 0.2) is 42.5 Å². The molecule has 0 radical (unpaired) electrons. The summed E-state index contributed by atoms with van der Waals surface area (Å²) in [7, 11) is -2.34. The smallest absolute Gasteiger partial charge is 0.239 e. The number of aliphatic hydroxyl groups excluding tert-OH is 2. The van der Waals surface area contributed by atoms with Crippen LogP contribution in [0.4, 0.5) is 10.3 Å². The van der Waals surface area contributed by atoms with E-state index in [-0.39, 0.29) is 43.8 Å². The van der Waals surface area contributed by atoms with Crippen LogP contribution in [0.2, 0.25) is 0 Å². The van der Waals surface area contributed by atoms with Crippen LogP contribution in [-0.4, -0.2) is 92.2 Å². The molecule has 14 heteroatoms. The maximum absolute atomic E-state index is 13.8. The summed E-state index contributed by atoms with van der Waals surface area (Å²) >= 11 is 0. The number of allylic oxidation sites excluding steroid dienone is 2. The number of unbranched alkanes of at least 4 members (excludes halogenated alkanes) is 11. The van der Waals surface area contributed by atoms with Gasteiger partial charge in [-0.05, 0) is 62.3 Å². The summed E-state index contributed by atoms with van der Waals surface area (Å²) in [6, 6.07) is 5.58. The molecule has 12 nitrogen and oxygen atoms in total. The van der Waals surface area contributed by atoms with E-state index in [9.17, 15) is 32.6 Å². The first kappa shape index (κ1) is 50.4. The number of ether oxygens (including phenoxy) is 1. The van der Waals surface area contributed by atoms with Crippen molar-refractivity contribution in [1.82, 2.24) is 20.6 Å². The number of aliphatic hydroxyl groups is 2. The molecule has 0 bridgehead atoms. The van der Waals surface area contributed by atoms with E-state index in [1.54, 1.807) is 6.08 Å². The van der Waals surface area contributed by atoms with Crippen molar-refractivity contribution in [3.8, 4) is 11.3 Å². The molecule has 0 aliphatic rings. The standard InChI is InChI=1S/C44H70FN5O7S/c1-6-7-8-9-10-11-12-13-14-15-16-17-18-19-20-21-40(53)46-28-30-57-31-29-47-41(54)33-38(52)32-37(51)26-27-39-42(34(2)3)48-44(50(4)58(5,55)56)49-43(39)35-22-24-36(45)25-23-35/h13-14,22-27,34,37-38,51-52H,6-12,15-21,28-33H2,1-5H3,(H,46,53)(H,47,54)/b14-13-,27-26+/t37-,38-/m1/s1. The zero-order chi connectivity index (χ0) is 42.8. The Balaban J connectivity index is 1.66. The van der Waals surface area contributed by atoms with E-state index in [1.807, 2.05) is 13.8 Å². The number of halogens is 1. The second-order valence-corrected chi connectivity index (χ2v) is 17.2. The van der Waals surface area contributed by atoms with E-state index in [0.717, 1.165) is 36.2 Å². The number of nitrogens with one attached hydrogen (secondary N) is 2. The van der Waals surface area contributed by atoms with Gasteiger partial charge in [-0.3, -0.25) is 9.59 Å². The molecule has 1 aromatic heterocycles. The SMILES string of the molecule is CCCCCCCC/C=C\CCCCCCCC(=O)NCCOCCNC(=O)C[C@H](O)C[C@H](O)/C=C/c1c(-c2ccc(F)cc2)nc(N(C)S(C)(=O)=O)nc1C(C)C. The van der Waals surface area contributed by atoms with Gasteiger partial charge in [-0.25, -0.2) is 27.1 Å². The second kappa shape index (κ2) is 28.7. The van der Waals surface area contributed by atoms with Gasteiger partial charge in [0, 0.05) is 44.1 Å². The number of aromatic nitrogens is 2. The molecular weight excluding hydrogens is 762 g/mol. The molecule has 4 N–H and O–H groups in total. The fraction of sp³-hybridized carbons (Fsp3) is 0.636. The van der Waals surface area contributed by atoms with Crippen molar-refractivity contribution < 1.29 is 37.3 Å². The predicted octanol–water partition coefficient (Wildman–Crippen LogP) is 7.60. The molecule has 2 amide bonds. The third-order valence-corrected chi connectivity index (χ3v) is 10.8. The number of hydrogen-bond acceptors (Lipinski definition) is 9. The highest BCUT2D eigenvalue weighted by molar-refractivity contribution is 7.92. The van der Waals surface area contributed by atoms with Crippen molar-refractivity contribution in [3.63, 3.8) is 0 Å². The van der Waals surface area contributed by atoms with Crippen LogP contribution < -0.4 is 14.9 Å². The fourth-order valence-corrected chi connectivity index (χ4v) is 6.58. The summed E-state index contributed by atoms with van der Waals surface area (Å²) in [4.78, 5) is 33.5. The molecule has 0 aliphatic heterocycles. The third-order valence-electron chi connectivity index (χ3n) is 9.63. The van der Waals surface area contributed by atoms with Crippen LogP contribution >= 0.6 is 0 Å². The summed E-state index contributed by atoms with van der Waals surface area (Å²) in [6.45, 7) is 7.18. The Morgan fingerprint density at radius 3 is 2.02 bits per heavy atom. The lowest BCUT2D eigenvalue weighted by Crippen LogP contribution is -2.32. The average Bonchev–Trinajstić information content (AvgIpc) is 3.17. The first-order chi connectivity index (χ1) is 27.7. The van der Waals surface area contributed by atoms with Gasteiger partial charge < -0.3 is 25.6 Å². The number of benzene rings is 1. The lowest BCUT2D eigenvalue weighted by atomic mass is 9.97. The molecule has 2 atom stereocenters. The number of anilines is 1. The van der Waals surface area contributed by atoms with Crippen molar-refractivity contribution >= 4 is 33.9 Å². The van der Waals surface area contributed by atoms with Gasteiger partial charge in [-0.1, -0.05) is 96.4 Å². The van der Waals surface area contributed by atoms with Crippen LogP contribution in [0.1, 0.15) is 141 Å². The molecule has 58 heavy (non-hydrogen) atoms. The highest BCUT2D eigenvalue weighted by Crippen LogP contribution is 2.32. The normalized spacial score (nSPS) is 13.1. The summed E-state index contributed by atoms with van der Waals surface area (Å²) < 4.78 is 44.8. The molecule has 2 rings (SSSR count). The third kappa shape index (κ3) is 21.3. The highest BCUT2D eigenvalue weighted by Gasteiger charge is 2.23. The molecule has 0 saturated heterocycles. The molecule has 326 valence electrons. The van der Waals surface area contributed by atoms with E-state index >= 15 is 0 Å². The van der Waals surface area contributed by atoms with Gasteiger partial charge >= 0.3 is 0 Å². The first-order valence-corrected chi connectivity index (χ1v) is 23.0. The Labute approximate surface area is 347 Å². The van der Waals surface area contributed by atoms with Gasteiger partial charge in [0.25, 0.3) is 0 Å². The number of nitrogens with zero attached hydrogens (tertiary/aromatic N) is 3. The minimum absolute atomic E-state index is 0.0119. The molecule has 0 aliphatic carbocycles. The number of hydrogen-bond donors (Lipinski definition) is 4. The van der Waals surface area contributed by atoms with E-state index < -0.39 is 34.0 Å². The fourth-order valence-electron chi connectivity index (χ4n) is 6.20. The van der Waals surface area contributed by atoms with Gasteiger partial charge in [-0.2, -0.15) is 0 Å². The van der Waals surface area contributed by atoms with Crippen LogP contribution in [0.3, 0.4) is 0 Å². The van der Waals surface area contributed by atoms with Crippen LogP contribution in [-0.2, 0) is 24.3 Å². The van der Waals surface area contributed by atoms with Gasteiger partial charge in [0.2, 0.25) is 27.8 Å². The van der Waals surface area contributed by atoms with Crippen LogP contribution in [0.25, 0.3) is 17.3 Å². The van der Waals surface area contributed by atoms with Crippen LogP contribution in [0, 0.1) is 5.82 Å². The summed E-state index contributed by atoms with van der Waals surface area (Å²) in [6.07, 6.45) is 22.4. The number of amides is 2. The van der Waals surface area contributed by atoms with E-state index in [4.69, 9.17) is 4.74 Å². The van der Waals surface area contributed by atoms with Gasteiger partial charge in [0.1, 0.15) is 5.82 Å². The summed E-state index contributed by atoms with van der Waals surface area (Å²) in [5.41, 5.74) is 1.85. The number of carbonyl (C=O) groups excluding carboxylic acids is 2. The molecule has 2 aromatic rings. The quantitative estimate of drug-likeness (QED) is 0.0441. The Morgan fingerprint density at radius 1 is 0.862 bits per heavy atom. The second-order valence-electron chi connectivity index (χ2n) is 15.2. The summed E-state index contributed by atoms with van der Waals surface area (Å²) in [5, 5.41) is 26.8. The van der Waals surface area contributed by atoms with Gasteiger partial charge in [0.05, 0.1) is 49.5 Å². The maximum atomic E-state index is 13.8. The molecule has 0 fully saturated rings. The van der Waals surface area contributed by atoms with Crippen LogP contribution in [0.5, 0.6) is 0 Å². The number of rotatable bonds is 31. The monoisotopic (exact) mass is 831 g/mol. The number of sulfonamides is 1. The minimum atomic E-state index is -3.68. The van der Waals surface area contributed by atoms with Crippen molar-refractivity contribution in [3.05, 3.63) is 59.6 Å². The number of carbonyl (C=O) groups is 2. The zero-order valence-corrected chi connectivity index (χ0v) is 36.4. The van der Waals surface area contributed by atoms with E-state index in [0.29, 0.717) is 42.1 Å².